The van der Waals surface area contributed by atoms with E-state index >= 15 is 4.39 Å². The Balaban J connectivity index is 1.45. The molecule has 0 bridgehead atoms. The van der Waals surface area contributed by atoms with Crippen LogP contribution < -0.4 is 5.32 Å². The van der Waals surface area contributed by atoms with Gasteiger partial charge in [0, 0.05) is 34.8 Å². The molecule has 0 fully saturated rings. The minimum atomic E-state index is -0.477. The summed E-state index contributed by atoms with van der Waals surface area (Å²) < 4.78 is 15.1. The highest BCUT2D eigenvalue weighted by Gasteiger charge is 2.18. The van der Waals surface area contributed by atoms with Gasteiger partial charge >= 0.3 is 0 Å². The minimum Gasteiger partial charge on any atom is -0.335 e. The van der Waals surface area contributed by atoms with Crippen LogP contribution in [0.5, 0.6) is 0 Å². The first-order valence-electron chi connectivity index (χ1n) is 11.3. The van der Waals surface area contributed by atoms with Crippen LogP contribution in [0.2, 0.25) is 0 Å². The molecule has 5 heterocycles. The van der Waals surface area contributed by atoms with E-state index in [1.54, 1.807) is 36.0 Å². The number of H-pyrrole nitrogens is 2. The Kier molecular flexibility index (Phi) is 5.30. The first-order valence-corrected chi connectivity index (χ1v) is 12.2. The maximum Gasteiger partial charge on any atom is 0.226 e. The number of halogens is 1. The van der Waals surface area contributed by atoms with E-state index in [1.807, 2.05) is 37.4 Å². The molecule has 0 radical (unpaired) electrons. The Labute approximate surface area is 208 Å². The van der Waals surface area contributed by atoms with Crippen LogP contribution in [0.15, 0.2) is 59.7 Å². The zero-order valence-electron chi connectivity index (χ0n) is 19.3. The number of carbonyl (C=O) groups is 1. The van der Waals surface area contributed by atoms with Crippen molar-refractivity contribution in [3.8, 4) is 33.8 Å². The number of thiophene rings is 1. The van der Waals surface area contributed by atoms with Gasteiger partial charge in [0.15, 0.2) is 17.3 Å². The van der Waals surface area contributed by atoms with Crippen LogP contribution in [0.3, 0.4) is 0 Å². The fraction of sp³-hybridized carbons (Fsp3) is 0.115. The van der Waals surface area contributed by atoms with E-state index in [9.17, 15) is 4.79 Å². The average Bonchev–Trinajstić information content (AvgIpc) is 3.63. The molecule has 0 saturated heterocycles. The molecule has 0 aliphatic heterocycles. The fourth-order valence-electron chi connectivity index (χ4n) is 4.06. The van der Waals surface area contributed by atoms with Crippen LogP contribution in [-0.4, -0.2) is 36.0 Å². The molecular weight excluding hydrogens is 477 g/mol. The van der Waals surface area contributed by atoms with Crippen molar-refractivity contribution in [3.05, 3.63) is 65.5 Å². The summed E-state index contributed by atoms with van der Waals surface area (Å²) in [5.74, 6) is -0.257. The number of benzene rings is 1. The lowest BCUT2D eigenvalue weighted by Crippen LogP contribution is -2.17. The smallest absolute Gasteiger partial charge is 0.226 e. The lowest BCUT2D eigenvalue weighted by molar-refractivity contribution is -0.118. The quantitative estimate of drug-likeness (QED) is 0.269. The number of nitrogens with zero attached hydrogens (tertiary/aromatic N) is 4. The third kappa shape index (κ3) is 3.81. The number of nitrogens with one attached hydrogen (secondary N) is 3. The number of hydrogen-bond acceptors (Lipinski definition) is 6. The molecule has 6 aromatic rings. The highest BCUT2D eigenvalue weighted by molar-refractivity contribution is 7.08. The van der Waals surface area contributed by atoms with E-state index in [0.29, 0.717) is 39.4 Å². The van der Waals surface area contributed by atoms with Gasteiger partial charge in [-0.15, -0.1) is 0 Å². The summed E-state index contributed by atoms with van der Waals surface area (Å²) in [7, 11) is 0. The number of fused-ring (bicyclic) bond motifs is 2. The molecule has 0 unspecified atom stereocenters. The van der Waals surface area contributed by atoms with Gasteiger partial charge in [-0.1, -0.05) is 13.8 Å². The lowest BCUT2D eigenvalue weighted by atomic mass is 10.0. The predicted octanol–water partition coefficient (Wildman–Crippen LogP) is 6.03. The highest BCUT2D eigenvalue weighted by atomic mass is 32.1. The van der Waals surface area contributed by atoms with Crippen LogP contribution >= 0.6 is 11.3 Å². The average molecular weight is 498 g/mol. The molecule has 5 aromatic heterocycles. The summed E-state index contributed by atoms with van der Waals surface area (Å²) in [6.07, 6.45) is 4.92. The molecule has 0 aliphatic carbocycles. The van der Waals surface area contributed by atoms with Crippen molar-refractivity contribution in [1.29, 1.82) is 0 Å². The Morgan fingerprint density at radius 3 is 2.81 bits per heavy atom. The molecular formula is C26H20FN7OS. The number of rotatable bonds is 5. The maximum atomic E-state index is 15.1. The van der Waals surface area contributed by atoms with Crippen molar-refractivity contribution in [2.75, 3.05) is 5.32 Å². The van der Waals surface area contributed by atoms with Gasteiger partial charge in [-0.05, 0) is 52.2 Å². The number of aromatic nitrogens is 6. The molecule has 10 heteroatoms. The number of hydrogen-bond donors (Lipinski definition) is 3. The van der Waals surface area contributed by atoms with Crippen molar-refractivity contribution in [2.45, 2.75) is 13.8 Å². The second-order valence-electron chi connectivity index (χ2n) is 8.71. The SMILES string of the molecule is CC(C)C(=O)Nc1cncc(-c2cc(F)c3n[nH]c(-c4nc5nccc(-c6ccsc6)c5[nH]4)c3c2)c1. The largest absolute Gasteiger partial charge is 0.335 e. The maximum absolute atomic E-state index is 15.1. The molecule has 178 valence electrons. The van der Waals surface area contributed by atoms with Crippen LogP contribution in [0, 0.1) is 11.7 Å². The second-order valence-corrected chi connectivity index (χ2v) is 9.49. The first-order chi connectivity index (χ1) is 17.5. The van der Waals surface area contributed by atoms with Crippen molar-refractivity contribution in [2.24, 2.45) is 5.92 Å². The molecule has 1 aromatic carbocycles. The van der Waals surface area contributed by atoms with Gasteiger partial charge in [-0.2, -0.15) is 16.4 Å². The van der Waals surface area contributed by atoms with Gasteiger partial charge in [0.05, 0.1) is 17.4 Å². The summed E-state index contributed by atoms with van der Waals surface area (Å²) in [6.45, 7) is 3.63. The second kappa shape index (κ2) is 8.65. The number of pyridine rings is 2. The molecule has 1 amide bonds. The first kappa shape index (κ1) is 22.1. The van der Waals surface area contributed by atoms with E-state index in [4.69, 9.17) is 0 Å². The zero-order valence-corrected chi connectivity index (χ0v) is 20.2. The minimum absolute atomic E-state index is 0.118. The summed E-state index contributed by atoms with van der Waals surface area (Å²) in [5.41, 5.74) is 5.98. The summed E-state index contributed by atoms with van der Waals surface area (Å²) in [6, 6.07) is 8.99. The monoisotopic (exact) mass is 497 g/mol. The number of aromatic amines is 2. The zero-order chi connectivity index (χ0) is 24.8. The van der Waals surface area contributed by atoms with E-state index < -0.39 is 5.82 Å². The normalized spacial score (nSPS) is 11.6. The van der Waals surface area contributed by atoms with Crippen LogP contribution in [0.4, 0.5) is 10.1 Å². The molecule has 6 rings (SSSR count). The highest BCUT2D eigenvalue weighted by Crippen LogP contribution is 2.34. The number of carbonyl (C=O) groups excluding carboxylic acids is 1. The predicted molar refractivity (Wildman–Crippen MR) is 139 cm³/mol. The Morgan fingerprint density at radius 2 is 2.00 bits per heavy atom. The molecule has 0 aliphatic rings. The van der Waals surface area contributed by atoms with Gasteiger partial charge < -0.3 is 10.3 Å². The Morgan fingerprint density at radius 1 is 1.11 bits per heavy atom. The topological polar surface area (TPSA) is 112 Å². The van der Waals surface area contributed by atoms with E-state index in [0.717, 1.165) is 16.6 Å². The van der Waals surface area contributed by atoms with E-state index in [1.165, 1.54) is 6.07 Å². The molecule has 3 N–H and O–H groups in total. The van der Waals surface area contributed by atoms with Gasteiger partial charge in [0.25, 0.3) is 0 Å². The van der Waals surface area contributed by atoms with Crippen LogP contribution in [-0.2, 0) is 4.79 Å². The van der Waals surface area contributed by atoms with Gasteiger partial charge in [0.2, 0.25) is 5.91 Å². The fourth-order valence-corrected chi connectivity index (χ4v) is 4.72. The van der Waals surface area contributed by atoms with Crippen molar-refractivity contribution in [1.82, 2.24) is 30.1 Å². The number of anilines is 1. The van der Waals surface area contributed by atoms with Gasteiger partial charge in [-0.3, -0.25) is 14.9 Å². The third-order valence-electron chi connectivity index (χ3n) is 5.94. The Hall–Kier alpha value is -4.44. The van der Waals surface area contributed by atoms with Crippen molar-refractivity contribution >= 4 is 45.0 Å². The molecule has 0 atom stereocenters. The van der Waals surface area contributed by atoms with Gasteiger partial charge in [0.1, 0.15) is 11.2 Å². The summed E-state index contributed by atoms with van der Waals surface area (Å²) in [5, 5.41) is 14.6. The summed E-state index contributed by atoms with van der Waals surface area (Å²) >= 11 is 1.62. The van der Waals surface area contributed by atoms with Crippen molar-refractivity contribution in [3.63, 3.8) is 0 Å². The number of amides is 1. The van der Waals surface area contributed by atoms with E-state index in [2.05, 4.69) is 40.8 Å². The van der Waals surface area contributed by atoms with Crippen LogP contribution in [0.1, 0.15) is 13.8 Å². The van der Waals surface area contributed by atoms with Crippen LogP contribution in [0.25, 0.3) is 55.8 Å². The summed E-state index contributed by atoms with van der Waals surface area (Å²) in [4.78, 5) is 28.7. The number of imidazole rings is 1. The molecule has 36 heavy (non-hydrogen) atoms. The Bertz CT molecular complexity index is 1740. The molecule has 0 saturated carbocycles. The third-order valence-corrected chi connectivity index (χ3v) is 6.62. The van der Waals surface area contributed by atoms with Crippen molar-refractivity contribution < 1.29 is 9.18 Å². The lowest BCUT2D eigenvalue weighted by Gasteiger charge is -2.09. The van der Waals surface area contributed by atoms with Gasteiger partial charge in [-0.25, -0.2) is 14.4 Å². The van der Waals surface area contributed by atoms with E-state index in [-0.39, 0.29) is 17.3 Å². The molecule has 0 spiro atoms. The standard InChI is InChI=1S/C26H20FN7OS/c1-13(2)26(35)30-17-7-16(10-28-11-17)15-8-19-21(20(27)9-15)33-34-23(19)25-31-22-18(14-4-6-36-12-14)3-5-29-24(22)32-25/h3-13H,1-2H3,(H,30,35)(H,33,34)(H,29,31,32). The molecule has 8 nitrogen and oxygen atoms in total.